The van der Waals surface area contributed by atoms with Crippen molar-refractivity contribution in [3.8, 4) is 0 Å². The summed E-state index contributed by atoms with van der Waals surface area (Å²) in [5.41, 5.74) is 5.12. The summed E-state index contributed by atoms with van der Waals surface area (Å²) in [7, 11) is 0. The maximum absolute atomic E-state index is 11.4. The fourth-order valence-corrected chi connectivity index (χ4v) is 2.37. The molecule has 4 nitrogen and oxygen atoms in total. The van der Waals surface area contributed by atoms with Gasteiger partial charge in [-0.1, -0.05) is 26.7 Å². The van der Waals surface area contributed by atoms with Gasteiger partial charge in [-0.15, -0.1) is 0 Å². The molecule has 1 saturated carbocycles. The minimum Gasteiger partial charge on any atom is -0.480 e. The highest BCUT2D eigenvalue weighted by Gasteiger charge is 2.48. The van der Waals surface area contributed by atoms with E-state index in [0.717, 1.165) is 51.6 Å². The van der Waals surface area contributed by atoms with Gasteiger partial charge in [0.25, 0.3) is 0 Å². The standard InChI is InChI=1S/C14H28N2O2/c1-3-5-9-16(10-6-4-2)11-14(15,13(17)18)12-7-8-12/h12H,3-11,15H2,1-2H3,(H,17,18). The van der Waals surface area contributed by atoms with Gasteiger partial charge in [0.1, 0.15) is 5.54 Å². The maximum atomic E-state index is 11.4. The molecule has 0 aliphatic heterocycles. The molecule has 0 aromatic carbocycles. The third kappa shape index (κ3) is 4.25. The van der Waals surface area contributed by atoms with E-state index in [-0.39, 0.29) is 5.92 Å². The Balaban J connectivity index is 2.57. The molecule has 0 heterocycles. The molecule has 0 bridgehead atoms. The first kappa shape index (κ1) is 15.4. The molecule has 1 aliphatic carbocycles. The number of hydrogen-bond donors (Lipinski definition) is 2. The second kappa shape index (κ2) is 7.10. The molecular weight excluding hydrogens is 228 g/mol. The molecule has 1 fully saturated rings. The maximum Gasteiger partial charge on any atom is 0.325 e. The number of nitrogens with zero attached hydrogens (tertiary/aromatic N) is 1. The van der Waals surface area contributed by atoms with Gasteiger partial charge < -0.3 is 15.7 Å². The highest BCUT2D eigenvalue weighted by atomic mass is 16.4. The van der Waals surface area contributed by atoms with Crippen LogP contribution in [0.2, 0.25) is 0 Å². The molecule has 1 atom stereocenters. The lowest BCUT2D eigenvalue weighted by molar-refractivity contribution is -0.145. The number of carbonyl (C=O) groups is 1. The fourth-order valence-electron chi connectivity index (χ4n) is 2.37. The topological polar surface area (TPSA) is 66.6 Å². The van der Waals surface area contributed by atoms with E-state index in [1.165, 1.54) is 0 Å². The van der Waals surface area contributed by atoms with Crippen LogP contribution in [0.25, 0.3) is 0 Å². The number of carboxylic acid groups (broad SMARTS) is 1. The first-order chi connectivity index (χ1) is 8.54. The number of rotatable bonds is 10. The van der Waals surface area contributed by atoms with Crippen molar-refractivity contribution in [1.29, 1.82) is 0 Å². The third-order valence-electron chi connectivity index (χ3n) is 3.85. The van der Waals surface area contributed by atoms with Crippen LogP contribution >= 0.6 is 0 Å². The van der Waals surface area contributed by atoms with Gasteiger partial charge in [-0.25, -0.2) is 0 Å². The molecule has 1 rings (SSSR count). The van der Waals surface area contributed by atoms with Crippen molar-refractivity contribution >= 4 is 5.97 Å². The minimum atomic E-state index is -1.03. The quantitative estimate of drug-likeness (QED) is 0.628. The Kier molecular flexibility index (Phi) is 6.09. The van der Waals surface area contributed by atoms with E-state index < -0.39 is 11.5 Å². The molecule has 4 heteroatoms. The number of aliphatic carboxylic acids is 1. The lowest BCUT2D eigenvalue weighted by Gasteiger charge is -2.32. The number of hydrogen-bond acceptors (Lipinski definition) is 3. The van der Waals surface area contributed by atoms with Crippen LogP contribution in [-0.4, -0.2) is 41.1 Å². The van der Waals surface area contributed by atoms with Crippen molar-refractivity contribution in [3.05, 3.63) is 0 Å². The van der Waals surface area contributed by atoms with Crippen LogP contribution in [0.3, 0.4) is 0 Å². The van der Waals surface area contributed by atoms with Crippen molar-refractivity contribution in [3.63, 3.8) is 0 Å². The Morgan fingerprint density at radius 3 is 2.11 bits per heavy atom. The summed E-state index contributed by atoms with van der Waals surface area (Å²) in [6, 6.07) is 0. The Morgan fingerprint density at radius 1 is 1.28 bits per heavy atom. The molecule has 0 aromatic heterocycles. The van der Waals surface area contributed by atoms with E-state index >= 15 is 0 Å². The molecule has 0 aromatic rings. The number of unbranched alkanes of at least 4 members (excludes halogenated alkanes) is 2. The zero-order valence-corrected chi connectivity index (χ0v) is 11.8. The van der Waals surface area contributed by atoms with Gasteiger partial charge in [0.15, 0.2) is 0 Å². The van der Waals surface area contributed by atoms with Crippen LogP contribution in [0.4, 0.5) is 0 Å². The minimum absolute atomic E-state index is 0.181. The van der Waals surface area contributed by atoms with E-state index in [4.69, 9.17) is 5.73 Å². The average molecular weight is 256 g/mol. The zero-order valence-electron chi connectivity index (χ0n) is 11.8. The highest BCUT2D eigenvalue weighted by Crippen LogP contribution is 2.39. The zero-order chi connectivity index (χ0) is 13.6. The fraction of sp³-hybridized carbons (Fsp3) is 0.929. The largest absolute Gasteiger partial charge is 0.480 e. The first-order valence-electron chi connectivity index (χ1n) is 7.29. The Bertz CT molecular complexity index is 259. The van der Waals surface area contributed by atoms with E-state index in [1.54, 1.807) is 0 Å². The predicted molar refractivity (Wildman–Crippen MR) is 73.5 cm³/mol. The van der Waals surface area contributed by atoms with Crippen molar-refractivity contribution in [2.75, 3.05) is 19.6 Å². The van der Waals surface area contributed by atoms with Gasteiger partial charge in [0.05, 0.1) is 0 Å². The van der Waals surface area contributed by atoms with Crippen molar-refractivity contribution in [1.82, 2.24) is 4.90 Å². The molecule has 0 amide bonds. The van der Waals surface area contributed by atoms with Crippen LogP contribution in [0, 0.1) is 5.92 Å². The van der Waals surface area contributed by atoms with Gasteiger partial charge in [-0.2, -0.15) is 0 Å². The van der Waals surface area contributed by atoms with Gasteiger partial charge in [-0.05, 0) is 44.7 Å². The monoisotopic (exact) mass is 256 g/mol. The molecule has 0 saturated heterocycles. The van der Waals surface area contributed by atoms with Crippen molar-refractivity contribution in [2.24, 2.45) is 11.7 Å². The normalized spacial score (nSPS) is 18.9. The first-order valence-corrected chi connectivity index (χ1v) is 7.29. The second-order valence-electron chi connectivity index (χ2n) is 5.60. The van der Waals surface area contributed by atoms with Gasteiger partial charge in [-0.3, -0.25) is 4.79 Å². The smallest absolute Gasteiger partial charge is 0.325 e. The molecule has 3 N–H and O–H groups in total. The lowest BCUT2D eigenvalue weighted by Crippen LogP contribution is -2.58. The van der Waals surface area contributed by atoms with Crippen LogP contribution in [-0.2, 0) is 4.79 Å². The number of carboxylic acids is 1. The van der Waals surface area contributed by atoms with Gasteiger partial charge in [0.2, 0.25) is 0 Å². The lowest BCUT2D eigenvalue weighted by atomic mass is 9.93. The molecule has 106 valence electrons. The van der Waals surface area contributed by atoms with E-state index in [2.05, 4.69) is 18.7 Å². The summed E-state index contributed by atoms with van der Waals surface area (Å²) in [6.45, 7) is 6.76. The van der Waals surface area contributed by atoms with Crippen LogP contribution in [0.15, 0.2) is 0 Å². The van der Waals surface area contributed by atoms with Crippen LogP contribution in [0.5, 0.6) is 0 Å². The molecule has 0 radical (unpaired) electrons. The highest BCUT2D eigenvalue weighted by molar-refractivity contribution is 5.79. The third-order valence-corrected chi connectivity index (χ3v) is 3.85. The Hall–Kier alpha value is -0.610. The summed E-state index contributed by atoms with van der Waals surface area (Å²) in [5, 5.41) is 9.39. The number of nitrogens with two attached hydrogens (primary N) is 1. The predicted octanol–water partition coefficient (Wildman–Crippen LogP) is 2.08. The Morgan fingerprint density at radius 2 is 1.78 bits per heavy atom. The second-order valence-corrected chi connectivity index (χ2v) is 5.60. The van der Waals surface area contributed by atoms with E-state index in [0.29, 0.717) is 6.54 Å². The average Bonchev–Trinajstić information content (AvgIpc) is 3.16. The van der Waals surface area contributed by atoms with Crippen molar-refractivity contribution in [2.45, 2.75) is 57.9 Å². The van der Waals surface area contributed by atoms with Crippen LogP contribution < -0.4 is 5.73 Å². The van der Waals surface area contributed by atoms with Gasteiger partial charge >= 0.3 is 5.97 Å². The molecule has 1 aliphatic rings. The Labute approximate surface area is 111 Å². The van der Waals surface area contributed by atoms with Gasteiger partial charge in [0, 0.05) is 6.54 Å². The van der Waals surface area contributed by atoms with Crippen LogP contribution in [0.1, 0.15) is 52.4 Å². The summed E-state index contributed by atoms with van der Waals surface area (Å²) < 4.78 is 0. The SMILES string of the molecule is CCCCN(CCCC)CC(N)(C(=O)O)C1CC1. The molecule has 1 unspecified atom stereocenters. The van der Waals surface area contributed by atoms with E-state index in [9.17, 15) is 9.90 Å². The molecule has 0 spiro atoms. The summed E-state index contributed by atoms with van der Waals surface area (Å²) in [5.74, 6) is -0.649. The molecule has 18 heavy (non-hydrogen) atoms. The summed E-state index contributed by atoms with van der Waals surface area (Å²) in [6.07, 6.45) is 6.44. The summed E-state index contributed by atoms with van der Waals surface area (Å²) >= 11 is 0. The van der Waals surface area contributed by atoms with Crippen molar-refractivity contribution < 1.29 is 9.90 Å². The summed E-state index contributed by atoms with van der Waals surface area (Å²) in [4.78, 5) is 13.7. The molecular formula is C14H28N2O2. The van der Waals surface area contributed by atoms with E-state index in [1.807, 2.05) is 0 Å².